The molecule has 0 bridgehead atoms. The first kappa shape index (κ1) is 11.2. The second-order valence-electron chi connectivity index (χ2n) is 3.33. The first-order valence-corrected chi connectivity index (χ1v) is 4.51. The quantitative estimate of drug-likeness (QED) is 0.544. The highest BCUT2D eigenvalue weighted by Gasteiger charge is 2.10. The minimum atomic E-state index is -0.619. The second-order valence-corrected chi connectivity index (χ2v) is 3.33. The maximum Gasteiger partial charge on any atom is 0.345 e. The molecule has 0 atom stereocenters. The highest BCUT2D eigenvalue weighted by Crippen LogP contribution is 2.14. The van der Waals surface area contributed by atoms with Gasteiger partial charge in [-0.15, -0.1) is 0 Å². The summed E-state index contributed by atoms with van der Waals surface area (Å²) in [6, 6.07) is 6.89. The number of ether oxygens (including phenoxy) is 1. The maximum atomic E-state index is 11.4. The number of hydrogen-bond acceptors (Lipinski definition) is 4. The zero-order valence-corrected chi connectivity index (χ0v) is 8.98. The van der Waals surface area contributed by atoms with Gasteiger partial charge in [0.2, 0.25) is 0 Å². The van der Waals surface area contributed by atoms with Gasteiger partial charge in [0.1, 0.15) is 0 Å². The summed E-state index contributed by atoms with van der Waals surface area (Å²) in [5.74, 6) is -1.22. The number of anilines is 1. The third kappa shape index (κ3) is 3.09. The van der Waals surface area contributed by atoms with E-state index >= 15 is 0 Å². The van der Waals surface area contributed by atoms with Crippen LogP contribution >= 0.6 is 0 Å². The number of rotatable bonds is 2. The fourth-order valence-corrected chi connectivity index (χ4v) is 1.10. The van der Waals surface area contributed by atoms with Gasteiger partial charge >= 0.3 is 11.9 Å². The standard InChI is InChI=1S/C11H13NO3/c1-8(13)15-11(14)9-5-4-6-10(7-9)12(2)3/h4-7H,1-3H3. The normalized spacial score (nSPS) is 9.53. The molecule has 0 N–H and O–H groups in total. The van der Waals surface area contributed by atoms with Crippen LogP contribution in [0.3, 0.4) is 0 Å². The molecule has 0 aliphatic heterocycles. The van der Waals surface area contributed by atoms with Gasteiger partial charge in [-0.25, -0.2) is 4.79 Å². The Morgan fingerprint density at radius 2 is 1.93 bits per heavy atom. The Bertz CT molecular complexity index is 385. The summed E-state index contributed by atoms with van der Waals surface area (Å²) in [4.78, 5) is 23.8. The molecular formula is C11H13NO3. The molecule has 4 nitrogen and oxygen atoms in total. The largest absolute Gasteiger partial charge is 0.390 e. The molecule has 1 rings (SSSR count). The first-order chi connectivity index (χ1) is 7.00. The second kappa shape index (κ2) is 4.59. The molecular weight excluding hydrogens is 194 g/mol. The zero-order chi connectivity index (χ0) is 11.4. The van der Waals surface area contributed by atoms with E-state index in [2.05, 4.69) is 4.74 Å². The summed E-state index contributed by atoms with van der Waals surface area (Å²) < 4.78 is 4.47. The summed E-state index contributed by atoms with van der Waals surface area (Å²) in [7, 11) is 3.74. The lowest BCUT2D eigenvalue weighted by Gasteiger charge is -2.12. The number of benzene rings is 1. The van der Waals surface area contributed by atoms with Gasteiger partial charge in [-0.1, -0.05) is 6.07 Å². The lowest BCUT2D eigenvalue weighted by Crippen LogP contribution is -2.12. The van der Waals surface area contributed by atoms with Crippen molar-refractivity contribution in [2.75, 3.05) is 19.0 Å². The van der Waals surface area contributed by atoms with Gasteiger partial charge in [0.05, 0.1) is 5.56 Å². The Morgan fingerprint density at radius 3 is 2.47 bits per heavy atom. The lowest BCUT2D eigenvalue weighted by molar-refractivity contribution is -0.135. The van der Waals surface area contributed by atoms with Crippen LogP contribution in [0.15, 0.2) is 24.3 Å². The van der Waals surface area contributed by atoms with Gasteiger partial charge in [-0.2, -0.15) is 0 Å². The third-order valence-electron chi connectivity index (χ3n) is 1.83. The number of nitrogens with zero attached hydrogens (tertiary/aromatic N) is 1. The Hall–Kier alpha value is -1.84. The molecule has 0 unspecified atom stereocenters. The molecule has 0 fully saturated rings. The highest BCUT2D eigenvalue weighted by molar-refractivity contribution is 5.96. The van der Waals surface area contributed by atoms with Crippen LogP contribution in [0, 0.1) is 0 Å². The van der Waals surface area contributed by atoms with Crippen LogP contribution in [0.2, 0.25) is 0 Å². The van der Waals surface area contributed by atoms with Gasteiger partial charge in [-0.05, 0) is 18.2 Å². The van der Waals surface area contributed by atoms with Crippen LogP contribution < -0.4 is 4.90 Å². The fraction of sp³-hybridized carbons (Fsp3) is 0.273. The monoisotopic (exact) mass is 207 g/mol. The van der Waals surface area contributed by atoms with Crippen molar-refractivity contribution in [3.05, 3.63) is 29.8 Å². The van der Waals surface area contributed by atoms with Crippen LogP contribution in [-0.2, 0) is 9.53 Å². The molecule has 0 heterocycles. The van der Waals surface area contributed by atoms with Crippen molar-refractivity contribution in [1.29, 1.82) is 0 Å². The Labute approximate surface area is 88.5 Å². The Kier molecular flexibility index (Phi) is 3.44. The van der Waals surface area contributed by atoms with Gasteiger partial charge in [-0.3, -0.25) is 4.79 Å². The lowest BCUT2D eigenvalue weighted by atomic mass is 10.2. The molecule has 1 aromatic carbocycles. The SMILES string of the molecule is CC(=O)OC(=O)c1cccc(N(C)C)c1. The van der Waals surface area contributed by atoms with Crippen LogP contribution in [0.5, 0.6) is 0 Å². The predicted octanol–water partition coefficient (Wildman–Crippen LogP) is 1.46. The molecule has 0 saturated carbocycles. The first-order valence-electron chi connectivity index (χ1n) is 4.51. The molecule has 0 aromatic heterocycles. The molecule has 4 heteroatoms. The number of esters is 2. The van der Waals surface area contributed by atoms with E-state index in [9.17, 15) is 9.59 Å². The van der Waals surface area contributed by atoms with Gasteiger partial charge in [0, 0.05) is 26.7 Å². The Morgan fingerprint density at radius 1 is 1.27 bits per heavy atom. The number of hydrogen-bond donors (Lipinski definition) is 0. The zero-order valence-electron chi connectivity index (χ0n) is 8.98. The molecule has 1 aromatic rings. The van der Waals surface area contributed by atoms with Crippen LogP contribution in [-0.4, -0.2) is 26.0 Å². The van der Waals surface area contributed by atoms with Crippen molar-refractivity contribution in [2.24, 2.45) is 0 Å². The van der Waals surface area contributed by atoms with E-state index in [1.165, 1.54) is 6.92 Å². The van der Waals surface area contributed by atoms with Gasteiger partial charge in [0.25, 0.3) is 0 Å². The van der Waals surface area contributed by atoms with E-state index in [0.717, 1.165) is 5.69 Å². The van der Waals surface area contributed by atoms with Crippen molar-refractivity contribution in [3.8, 4) is 0 Å². The van der Waals surface area contributed by atoms with Crippen LogP contribution in [0.4, 0.5) is 5.69 Å². The van der Waals surface area contributed by atoms with Crippen LogP contribution in [0.25, 0.3) is 0 Å². The minimum absolute atomic E-state index is 0.372. The van der Waals surface area contributed by atoms with E-state index in [1.54, 1.807) is 18.2 Å². The maximum absolute atomic E-state index is 11.4. The molecule has 0 aliphatic rings. The average Bonchev–Trinajstić information content (AvgIpc) is 2.17. The molecule has 15 heavy (non-hydrogen) atoms. The summed E-state index contributed by atoms with van der Waals surface area (Å²) >= 11 is 0. The summed E-state index contributed by atoms with van der Waals surface area (Å²) in [5, 5.41) is 0. The van der Waals surface area contributed by atoms with Crippen molar-refractivity contribution in [2.45, 2.75) is 6.92 Å². The molecule has 0 amide bonds. The van der Waals surface area contributed by atoms with Crippen molar-refractivity contribution < 1.29 is 14.3 Å². The van der Waals surface area contributed by atoms with E-state index in [0.29, 0.717) is 5.56 Å². The molecule has 80 valence electrons. The van der Waals surface area contributed by atoms with E-state index < -0.39 is 11.9 Å². The summed E-state index contributed by atoms with van der Waals surface area (Å²) in [5.41, 5.74) is 1.25. The van der Waals surface area contributed by atoms with E-state index in [4.69, 9.17) is 0 Å². The average molecular weight is 207 g/mol. The van der Waals surface area contributed by atoms with E-state index in [1.807, 2.05) is 25.1 Å². The van der Waals surface area contributed by atoms with Crippen molar-refractivity contribution in [3.63, 3.8) is 0 Å². The van der Waals surface area contributed by atoms with Gasteiger partial charge < -0.3 is 9.64 Å². The fourth-order valence-electron chi connectivity index (χ4n) is 1.10. The topological polar surface area (TPSA) is 46.6 Å². The summed E-state index contributed by atoms with van der Waals surface area (Å²) in [6.45, 7) is 1.20. The van der Waals surface area contributed by atoms with Gasteiger partial charge in [0.15, 0.2) is 0 Å². The molecule has 0 spiro atoms. The Balaban J connectivity index is 2.90. The molecule has 0 saturated heterocycles. The smallest absolute Gasteiger partial charge is 0.345 e. The molecule has 0 radical (unpaired) electrons. The number of carbonyl (C=O) groups is 2. The van der Waals surface area contributed by atoms with Crippen molar-refractivity contribution in [1.82, 2.24) is 0 Å². The van der Waals surface area contributed by atoms with Crippen molar-refractivity contribution >= 4 is 17.6 Å². The third-order valence-corrected chi connectivity index (χ3v) is 1.83. The minimum Gasteiger partial charge on any atom is -0.390 e. The number of carbonyl (C=O) groups excluding carboxylic acids is 2. The highest BCUT2D eigenvalue weighted by atomic mass is 16.6. The van der Waals surface area contributed by atoms with E-state index in [-0.39, 0.29) is 0 Å². The molecule has 0 aliphatic carbocycles. The predicted molar refractivity (Wildman–Crippen MR) is 56.9 cm³/mol. The van der Waals surface area contributed by atoms with Crippen LogP contribution in [0.1, 0.15) is 17.3 Å². The summed E-state index contributed by atoms with van der Waals surface area (Å²) in [6.07, 6.45) is 0.